The summed E-state index contributed by atoms with van der Waals surface area (Å²) in [6, 6.07) is 8.94. The molecule has 0 saturated heterocycles. The first-order chi connectivity index (χ1) is 22.3. The molecule has 0 N–H and O–H groups in total. The number of rotatable bonds is 8. The molecule has 246 valence electrons. The minimum absolute atomic E-state index is 0.0806. The van der Waals surface area contributed by atoms with Crippen LogP contribution in [-0.2, 0) is 29.0 Å². The molecule has 0 radical (unpaired) electrons. The molecule has 1 aliphatic heterocycles. The summed E-state index contributed by atoms with van der Waals surface area (Å²) in [6.45, 7) is 1.87. The average Bonchev–Trinajstić information content (AvgIpc) is 3.71. The average molecular weight is 720 g/mol. The first-order valence-corrected chi connectivity index (χ1v) is 17.8. The highest BCUT2D eigenvalue weighted by molar-refractivity contribution is 7.90. The number of amides is 2. The van der Waals surface area contributed by atoms with Gasteiger partial charge in [-0.25, -0.2) is 18.1 Å². The SMILES string of the molecule is CCOC(=O)/C(Cl)=C/c1cc(N2C(=O)C3=C(CCCC3)C2=O)ccc1Cl.CS(=O)(=O)c1cc(Cl)ccc1C(=O)c1cnoc1C1CC1. The normalized spacial score (nSPS) is 16.5. The number of anilines is 1. The van der Waals surface area contributed by atoms with Crippen molar-refractivity contribution < 1.29 is 36.9 Å². The maximum Gasteiger partial charge on any atom is 0.349 e. The Morgan fingerprint density at radius 1 is 1.02 bits per heavy atom. The van der Waals surface area contributed by atoms with Crippen molar-refractivity contribution in [2.24, 2.45) is 0 Å². The van der Waals surface area contributed by atoms with Crippen molar-refractivity contribution >= 4 is 80.0 Å². The highest BCUT2D eigenvalue weighted by Crippen LogP contribution is 2.42. The molecule has 10 nitrogen and oxygen atoms in total. The molecule has 14 heteroatoms. The molecule has 1 fully saturated rings. The molecular weight excluding hydrogens is 691 g/mol. The molecule has 2 aliphatic carbocycles. The van der Waals surface area contributed by atoms with Crippen LogP contribution in [0.4, 0.5) is 5.69 Å². The smallest absolute Gasteiger partial charge is 0.349 e. The van der Waals surface area contributed by atoms with Gasteiger partial charge in [0.1, 0.15) is 5.03 Å². The van der Waals surface area contributed by atoms with Gasteiger partial charge in [0.05, 0.1) is 29.0 Å². The summed E-state index contributed by atoms with van der Waals surface area (Å²) in [5.41, 5.74) is 2.46. The lowest BCUT2D eigenvalue weighted by Crippen LogP contribution is -2.31. The minimum atomic E-state index is -3.57. The van der Waals surface area contributed by atoms with Gasteiger partial charge in [0.15, 0.2) is 21.4 Å². The van der Waals surface area contributed by atoms with E-state index in [1.807, 2.05) is 0 Å². The second-order valence-corrected chi connectivity index (χ2v) is 14.4. The number of halogens is 3. The zero-order valence-electron chi connectivity index (χ0n) is 25.3. The molecule has 6 rings (SSSR count). The van der Waals surface area contributed by atoms with Crippen molar-refractivity contribution in [1.29, 1.82) is 0 Å². The summed E-state index contributed by atoms with van der Waals surface area (Å²) >= 11 is 18.0. The van der Waals surface area contributed by atoms with Crippen LogP contribution in [0.5, 0.6) is 0 Å². The van der Waals surface area contributed by atoms with Gasteiger partial charge in [-0.2, -0.15) is 0 Å². The van der Waals surface area contributed by atoms with Crippen molar-refractivity contribution in [3.63, 3.8) is 0 Å². The molecule has 3 aliphatic rings. The second kappa shape index (κ2) is 14.1. The molecule has 1 saturated carbocycles. The van der Waals surface area contributed by atoms with Gasteiger partial charge < -0.3 is 9.26 Å². The molecule has 0 spiro atoms. The number of esters is 1. The van der Waals surface area contributed by atoms with Crippen LogP contribution < -0.4 is 4.90 Å². The highest BCUT2D eigenvalue weighted by atomic mass is 35.5. The van der Waals surface area contributed by atoms with Crippen molar-refractivity contribution in [2.75, 3.05) is 17.8 Å². The van der Waals surface area contributed by atoms with Crippen molar-refractivity contribution in [2.45, 2.75) is 56.3 Å². The maximum absolute atomic E-state index is 12.7. The fourth-order valence-electron chi connectivity index (χ4n) is 5.35. The predicted molar refractivity (Wildman–Crippen MR) is 176 cm³/mol. The quantitative estimate of drug-likeness (QED) is 0.103. The molecule has 2 amide bonds. The molecule has 0 bridgehead atoms. The standard InChI is InChI=1S/C19H17Cl2NO4.C14H12ClNO4S/c1-2-26-19(25)16(21)10-11-9-12(7-8-15(11)20)22-17(23)13-5-3-4-6-14(13)18(22)24;1-21(18,19)12-6-9(15)4-5-10(12)13(17)11-7-16-20-14(11)8-2-3-8/h7-10H,2-6H2,1H3;4-8H,2-3H2,1H3/b16-10-;. The van der Waals surface area contributed by atoms with Gasteiger partial charge in [-0.15, -0.1) is 0 Å². The number of benzene rings is 2. The lowest BCUT2D eigenvalue weighted by Gasteiger charge is -2.16. The second-order valence-electron chi connectivity index (χ2n) is 11.1. The lowest BCUT2D eigenvalue weighted by molar-refractivity contribution is -0.137. The Bertz CT molecular complexity index is 1930. The molecule has 1 aromatic heterocycles. The van der Waals surface area contributed by atoms with Crippen LogP contribution >= 0.6 is 34.8 Å². The van der Waals surface area contributed by atoms with Gasteiger partial charge >= 0.3 is 5.97 Å². The fraction of sp³-hybridized carbons (Fsp3) is 0.303. The van der Waals surface area contributed by atoms with Gasteiger partial charge in [0.25, 0.3) is 11.8 Å². The van der Waals surface area contributed by atoms with Crippen LogP contribution in [0.3, 0.4) is 0 Å². The highest BCUT2D eigenvalue weighted by Gasteiger charge is 2.40. The Hall–Kier alpha value is -3.77. The van der Waals surface area contributed by atoms with Gasteiger partial charge in [0, 0.05) is 38.9 Å². The van der Waals surface area contributed by atoms with E-state index < -0.39 is 21.6 Å². The van der Waals surface area contributed by atoms with Crippen LogP contribution in [0, 0.1) is 0 Å². The number of sulfone groups is 1. The number of nitrogens with zero attached hydrogens (tertiary/aromatic N) is 2. The Morgan fingerprint density at radius 3 is 2.28 bits per heavy atom. The zero-order chi connectivity index (χ0) is 34.0. The molecule has 0 atom stereocenters. The summed E-state index contributed by atoms with van der Waals surface area (Å²) in [4.78, 5) is 50.7. The molecular formula is C33H29Cl3N2O8S. The first-order valence-electron chi connectivity index (χ1n) is 14.7. The number of carbonyl (C=O) groups is 4. The summed E-state index contributed by atoms with van der Waals surface area (Å²) in [7, 11) is -3.57. The van der Waals surface area contributed by atoms with E-state index in [1.165, 1.54) is 35.4 Å². The monoisotopic (exact) mass is 718 g/mol. The van der Waals surface area contributed by atoms with E-state index in [2.05, 4.69) is 5.16 Å². The number of ketones is 1. The Morgan fingerprint density at radius 2 is 1.68 bits per heavy atom. The van der Waals surface area contributed by atoms with Crippen molar-refractivity contribution in [1.82, 2.24) is 5.16 Å². The van der Waals surface area contributed by atoms with Crippen LogP contribution in [0.15, 0.2) is 68.2 Å². The van der Waals surface area contributed by atoms with E-state index in [0.29, 0.717) is 51.6 Å². The topological polar surface area (TPSA) is 141 Å². The van der Waals surface area contributed by atoms with Crippen molar-refractivity contribution in [3.8, 4) is 0 Å². The Balaban J connectivity index is 0.000000189. The van der Waals surface area contributed by atoms with Crippen LogP contribution in [-0.4, -0.2) is 50.0 Å². The van der Waals surface area contributed by atoms with E-state index in [-0.39, 0.29) is 44.9 Å². The van der Waals surface area contributed by atoms with Gasteiger partial charge in [-0.3, -0.25) is 14.4 Å². The molecule has 47 heavy (non-hydrogen) atoms. The van der Waals surface area contributed by atoms with Gasteiger partial charge in [-0.05, 0) is 93.5 Å². The number of imide groups is 1. The number of ether oxygens (including phenoxy) is 1. The van der Waals surface area contributed by atoms with Crippen molar-refractivity contribution in [3.05, 3.63) is 91.3 Å². The summed E-state index contributed by atoms with van der Waals surface area (Å²) < 4.78 is 33.7. The summed E-state index contributed by atoms with van der Waals surface area (Å²) in [5.74, 6) is -0.886. The third-order valence-corrected chi connectivity index (χ3v) is 9.74. The Labute approximate surface area is 286 Å². The van der Waals surface area contributed by atoms with E-state index in [4.69, 9.17) is 44.1 Å². The first kappa shape index (κ1) is 34.6. The third kappa shape index (κ3) is 7.54. The van der Waals surface area contributed by atoms with Gasteiger partial charge in [-0.1, -0.05) is 40.0 Å². The minimum Gasteiger partial charge on any atom is -0.462 e. The van der Waals surface area contributed by atoms with Crippen LogP contribution in [0.25, 0.3) is 6.08 Å². The van der Waals surface area contributed by atoms with E-state index in [1.54, 1.807) is 25.1 Å². The molecule has 3 aromatic rings. The lowest BCUT2D eigenvalue weighted by atomic mass is 9.93. The zero-order valence-corrected chi connectivity index (χ0v) is 28.4. The number of aromatic nitrogens is 1. The number of hydrogen-bond donors (Lipinski definition) is 0. The maximum atomic E-state index is 12.7. The summed E-state index contributed by atoms with van der Waals surface area (Å²) in [6.07, 6.45) is 8.75. The van der Waals surface area contributed by atoms with E-state index in [0.717, 1.165) is 31.9 Å². The van der Waals surface area contributed by atoms with E-state index >= 15 is 0 Å². The number of carbonyl (C=O) groups excluding carboxylic acids is 4. The Kier molecular flexibility index (Phi) is 10.4. The largest absolute Gasteiger partial charge is 0.462 e. The van der Waals surface area contributed by atoms with E-state index in [9.17, 15) is 27.6 Å². The predicted octanol–water partition coefficient (Wildman–Crippen LogP) is 7.07. The summed E-state index contributed by atoms with van der Waals surface area (Å²) in [5, 5.41) is 4.14. The molecule has 2 heterocycles. The number of hydrogen-bond acceptors (Lipinski definition) is 9. The fourth-order valence-corrected chi connectivity index (χ4v) is 6.83. The molecule has 0 unspecified atom stereocenters. The third-order valence-electron chi connectivity index (χ3n) is 7.76. The van der Waals surface area contributed by atoms with Crippen LogP contribution in [0.2, 0.25) is 10.0 Å². The van der Waals surface area contributed by atoms with Crippen LogP contribution in [0.1, 0.15) is 78.6 Å². The molecule has 2 aromatic carbocycles. The van der Waals surface area contributed by atoms with Gasteiger partial charge in [0.2, 0.25) is 0 Å².